The lowest BCUT2D eigenvalue weighted by molar-refractivity contribution is 0.451. The van der Waals surface area contributed by atoms with Crippen LogP contribution in [0.3, 0.4) is 0 Å². The van der Waals surface area contributed by atoms with Gasteiger partial charge >= 0.3 is 0 Å². The van der Waals surface area contributed by atoms with Crippen molar-refractivity contribution >= 4 is 11.0 Å². The minimum Gasteiger partial charge on any atom is -0.508 e. The minimum atomic E-state index is -0.285. The molecular weight excluding hydrogens is 256 g/mol. The van der Waals surface area contributed by atoms with Gasteiger partial charge in [-0.3, -0.25) is 4.79 Å². The number of hydrogen-bond donors (Lipinski definition) is 2. The smallest absolute Gasteiger partial charge is 0.199 e. The summed E-state index contributed by atoms with van der Waals surface area (Å²) >= 11 is 0. The maximum absolute atomic E-state index is 12.4. The maximum atomic E-state index is 12.4. The van der Waals surface area contributed by atoms with Crippen LogP contribution >= 0.6 is 0 Å². The Morgan fingerprint density at radius 1 is 1.05 bits per heavy atom. The molecule has 1 heterocycles. The molecule has 0 saturated heterocycles. The van der Waals surface area contributed by atoms with E-state index in [9.17, 15) is 15.0 Å². The summed E-state index contributed by atoms with van der Waals surface area (Å²) in [5, 5.41) is 19.3. The molecular formula is C16H12O4. The van der Waals surface area contributed by atoms with Crippen LogP contribution in [0.5, 0.6) is 11.5 Å². The van der Waals surface area contributed by atoms with Gasteiger partial charge < -0.3 is 14.6 Å². The van der Waals surface area contributed by atoms with Crippen LogP contribution in [-0.4, -0.2) is 10.2 Å². The first-order valence-corrected chi connectivity index (χ1v) is 6.15. The first-order valence-electron chi connectivity index (χ1n) is 6.15. The van der Waals surface area contributed by atoms with E-state index < -0.39 is 0 Å². The molecule has 3 rings (SSSR count). The Kier molecular flexibility index (Phi) is 2.91. The van der Waals surface area contributed by atoms with E-state index in [0.717, 1.165) is 11.6 Å². The van der Waals surface area contributed by atoms with Gasteiger partial charge in [-0.15, -0.1) is 0 Å². The predicted molar refractivity (Wildman–Crippen MR) is 75.1 cm³/mol. The molecule has 0 bridgehead atoms. The average molecular weight is 268 g/mol. The van der Waals surface area contributed by atoms with Crippen molar-refractivity contribution < 1.29 is 14.6 Å². The zero-order valence-corrected chi connectivity index (χ0v) is 10.5. The summed E-state index contributed by atoms with van der Waals surface area (Å²) in [4.78, 5) is 12.4. The van der Waals surface area contributed by atoms with E-state index in [4.69, 9.17) is 4.42 Å². The number of phenolic OH excluding ortho intramolecular Hbond substituents is 2. The molecule has 2 N–H and O–H groups in total. The quantitative estimate of drug-likeness (QED) is 0.749. The molecule has 0 fully saturated rings. The fraction of sp³-hybridized carbons (Fsp3) is 0.0625. The zero-order chi connectivity index (χ0) is 14.1. The lowest BCUT2D eigenvalue weighted by Gasteiger charge is -2.05. The number of fused-ring (bicyclic) bond motifs is 1. The Labute approximate surface area is 114 Å². The fourth-order valence-corrected chi connectivity index (χ4v) is 2.19. The summed E-state index contributed by atoms with van der Waals surface area (Å²) < 4.78 is 5.34. The Hall–Kier alpha value is -2.75. The van der Waals surface area contributed by atoms with Crippen LogP contribution in [0.2, 0.25) is 0 Å². The monoisotopic (exact) mass is 268 g/mol. The number of aromatic hydroxyl groups is 2. The molecule has 4 nitrogen and oxygen atoms in total. The summed E-state index contributed by atoms with van der Waals surface area (Å²) in [5.41, 5.74) is 1.33. The van der Waals surface area contributed by atoms with Gasteiger partial charge in [0, 0.05) is 24.1 Å². The Morgan fingerprint density at radius 3 is 2.55 bits per heavy atom. The van der Waals surface area contributed by atoms with Crippen LogP contribution in [0.4, 0.5) is 0 Å². The van der Waals surface area contributed by atoms with Crippen molar-refractivity contribution in [2.75, 3.05) is 0 Å². The van der Waals surface area contributed by atoms with Crippen molar-refractivity contribution in [3.05, 3.63) is 70.1 Å². The molecule has 0 spiro atoms. The van der Waals surface area contributed by atoms with Crippen molar-refractivity contribution in [2.24, 2.45) is 0 Å². The molecule has 0 radical (unpaired) electrons. The van der Waals surface area contributed by atoms with Crippen LogP contribution in [0, 0.1) is 0 Å². The molecule has 0 aliphatic carbocycles. The van der Waals surface area contributed by atoms with Crippen molar-refractivity contribution in [3.63, 3.8) is 0 Å². The molecule has 0 aliphatic rings. The molecule has 2 aromatic carbocycles. The third-order valence-corrected chi connectivity index (χ3v) is 3.15. The van der Waals surface area contributed by atoms with Crippen LogP contribution < -0.4 is 5.43 Å². The van der Waals surface area contributed by atoms with Gasteiger partial charge in [0.05, 0.1) is 6.26 Å². The third kappa shape index (κ3) is 2.12. The summed E-state index contributed by atoms with van der Waals surface area (Å²) in [6.45, 7) is 0. The molecule has 0 unspecified atom stereocenters. The normalized spacial score (nSPS) is 10.8. The molecule has 0 aliphatic heterocycles. The average Bonchev–Trinajstić information content (AvgIpc) is 2.42. The SMILES string of the molecule is O=c1c(Cc2ccccc2)coc2cc(O)cc(O)c12. The van der Waals surface area contributed by atoms with E-state index in [-0.39, 0.29) is 27.9 Å². The predicted octanol–water partition coefficient (Wildman–Crippen LogP) is 2.80. The van der Waals surface area contributed by atoms with Crippen molar-refractivity contribution in [2.45, 2.75) is 6.42 Å². The van der Waals surface area contributed by atoms with E-state index in [2.05, 4.69) is 0 Å². The Balaban J connectivity index is 2.15. The van der Waals surface area contributed by atoms with E-state index in [1.54, 1.807) is 0 Å². The van der Waals surface area contributed by atoms with Gasteiger partial charge in [0.25, 0.3) is 0 Å². The number of benzene rings is 2. The van der Waals surface area contributed by atoms with Gasteiger partial charge in [-0.05, 0) is 5.56 Å². The molecule has 3 aromatic rings. The molecule has 100 valence electrons. The first kappa shape index (κ1) is 12.3. The third-order valence-electron chi connectivity index (χ3n) is 3.15. The maximum Gasteiger partial charge on any atom is 0.199 e. The van der Waals surface area contributed by atoms with Gasteiger partial charge in [-0.1, -0.05) is 30.3 Å². The van der Waals surface area contributed by atoms with Crippen LogP contribution in [-0.2, 0) is 6.42 Å². The second-order valence-electron chi connectivity index (χ2n) is 4.59. The summed E-state index contributed by atoms with van der Waals surface area (Å²) in [6, 6.07) is 12.0. The van der Waals surface area contributed by atoms with Gasteiger partial charge in [0.2, 0.25) is 0 Å². The van der Waals surface area contributed by atoms with Crippen LogP contribution in [0.1, 0.15) is 11.1 Å². The van der Waals surface area contributed by atoms with Gasteiger partial charge in [-0.2, -0.15) is 0 Å². The lowest BCUT2D eigenvalue weighted by atomic mass is 10.0. The second kappa shape index (κ2) is 4.74. The molecule has 20 heavy (non-hydrogen) atoms. The van der Waals surface area contributed by atoms with Crippen molar-refractivity contribution in [1.29, 1.82) is 0 Å². The number of hydrogen-bond acceptors (Lipinski definition) is 4. The molecule has 1 aromatic heterocycles. The summed E-state index contributed by atoms with van der Waals surface area (Å²) in [5.74, 6) is -0.419. The van der Waals surface area contributed by atoms with Gasteiger partial charge in [0.1, 0.15) is 22.5 Å². The summed E-state index contributed by atoms with van der Waals surface area (Å²) in [7, 11) is 0. The van der Waals surface area contributed by atoms with E-state index in [1.807, 2.05) is 30.3 Å². The van der Waals surface area contributed by atoms with Crippen molar-refractivity contribution in [1.82, 2.24) is 0 Å². The van der Waals surface area contributed by atoms with E-state index in [1.165, 1.54) is 12.3 Å². The Morgan fingerprint density at radius 2 is 1.80 bits per heavy atom. The molecule has 4 heteroatoms. The topological polar surface area (TPSA) is 70.7 Å². The number of rotatable bonds is 2. The van der Waals surface area contributed by atoms with Crippen LogP contribution in [0.15, 0.2) is 57.9 Å². The molecule has 0 amide bonds. The lowest BCUT2D eigenvalue weighted by Crippen LogP contribution is -2.09. The van der Waals surface area contributed by atoms with Gasteiger partial charge in [0.15, 0.2) is 5.43 Å². The fourth-order valence-electron chi connectivity index (χ4n) is 2.19. The number of phenols is 2. The Bertz CT molecular complexity index is 819. The molecule has 0 saturated carbocycles. The van der Waals surface area contributed by atoms with E-state index >= 15 is 0 Å². The second-order valence-corrected chi connectivity index (χ2v) is 4.59. The molecule has 0 atom stereocenters. The highest BCUT2D eigenvalue weighted by Gasteiger charge is 2.12. The highest BCUT2D eigenvalue weighted by atomic mass is 16.3. The standard InChI is InChI=1S/C16H12O4/c17-12-7-13(18)15-14(8-12)20-9-11(16(15)19)6-10-4-2-1-3-5-10/h1-5,7-9,17-18H,6H2. The summed E-state index contributed by atoms with van der Waals surface area (Å²) in [6.07, 6.45) is 1.80. The highest BCUT2D eigenvalue weighted by Crippen LogP contribution is 2.27. The highest BCUT2D eigenvalue weighted by molar-refractivity contribution is 5.84. The largest absolute Gasteiger partial charge is 0.508 e. The van der Waals surface area contributed by atoms with E-state index in [0.29, 0.717) is 12.0 Å². The van der Waals surface area contributed by atoms with Gasteiger partial charge in [-0.25, -0.2) is 0 Å². The zero-order valence-electron chi connectivity index (χ0n) is 10.5. The van der Waals surface area contributed by atoms with Crippen molar-refractivity contribution in [3.8, 4) is 11.5 Å². The minimum absolute atomic E-state index is 0.0937. The van der Waals surface area contributed by atoms with Crippen LogP contribution in [0.25, 0.3) is 11.0 Å². The first-order chi connectivity index (χ1) is 9.65.